The van der Waals surface area contributed by atoms with Gasteiger partial charge in [0.25, 0.3) is 0 Å². The smallest absolute Gasteiger partial charge is 0.330 e. The van der Waals surface area contributed by atoms with E-state index in [4.69, 9.17) is 14.2 Å². The summed E-state index contributed by atoms with van der Waals surface area (Å²) in [5.74, 6) is -0.509. The predicted molar refractivity (Wildman–Crippen MR) is 132 cm³/mol. The van der Waals surface area contributed by atoms with Crippen molar-refractivity contribution in [2.24, 2.45) is 0 Å². The van der Waals surface area contributed by atoms with Gasteiger partial charge in [-0.1, -0.05) is 69.4 Å². The number of allylic oxidation sites excluding steroid dienone is 4. The number of methoxy groups -OCH3 is 1. The number of carbonyl (C=O) groups excluding carboxylic acids is 2. The van der Waals surface area contributed by atoms with Crippen LogP contribution in [-0.4, -0.2) is 38.9 Å². The molecule has 0 bridgehead atoms. The van der Waals surface area contributed by atoms with E-state index in [2.05, 4.69) is 31.2 Å². The Morgan fingerprint density at radius 1 is 0.688 bits per heavy atom. The Morgan fingerprint density at radius 3 is 1.97 bits per heavy atom. The fourth-order valence-corrected chi connectivity index (χ4v) is 3.00. The topological polar surface area (TPSA) is 61.8 Å². The van der Waals surface area contributed by atoms with Crippen molar-refractivity contribution >= 4 is 11.9 Å². The first-order chi connectivity index (χ1) is 15.7. The third-order valence-electron chi connectivity index (χ3n) is 4.89. The molecule has 0 amide bonds. The van der Waals surface area contributed by atoms with Crippen LogP contribution in [-0.2, 0) is 23.8 Å². The molecule has 0 saturated heterocycles. The average Bonchev–Trinajstić information content (AvgIpc) is 2.79. The third kappa shape index (κ3) is 24.4. The van der Waals surface area contributed by atoms with E-state index >= 15 is 0 Å². The molecule has 0 radical (unpaired) electrons. The monoisotopic (exact) mass is 450 g/mol. The Hall–Kier alpha value is -1.88. The van der Waals surface area contributed by atoms with Crippen LogP contribution >= 0.6 is 0 Å². The fraction of sp³-hybridized carbons (Fsp3) is 0.704. The third-order valence-corrected chi connectivity index (χ3v) is 4.89. The van der Waals surface area contributed by atoms with Gasteiger partial charge in [0.1, 0.15) is 0 Å². The lowest BCUT2D eigenvalue weighted by Gasteiger charge is -2.05. The maximum absolute atomic E-state index is 11.7. The van der Waals surface area contributed by atoms with E-state index < -0.39 is 0 Å². The molecular formula is C27H46O5. The van der Waals surface area contributed by atoms with Gasteiger partial charge in [-0.25, -0.2) is 4.79 Å². The summed E-state index contributed by atoms with van der Waals surface area (Å²) >= 11 is 0. The number of unbranched alkanes of at least 4 members (excludes halogenated alkanes) is 9. The average molecular weight is 451 g/mol. The lowest BCUT2D eigenvalue weighted by Crippen LogP contribution is -2.07. The molecular weight excluding hydrogens is 404 g/mol. The van der Waals surface area contributed by atoms with Gasteiger partial charge in [-0.3, -0.25) is 4.79 Å². The van der Waals surface area contributed by atoms with E-state index in [0.29, 0.717) is 39.1 Å². The molecule has 0 aromatic carbocycles. The first-order valence-corrected chi connectivity index (χ1v) is 12.5. The number of ether oxygens (including phenoxy) is 3. The van der Waals surface area contributed by atoms with Crippen molar-refractivity contribution in [1.82, 2.24) is 0 Å². The minimum absolute atomic E-state index is 0.133. The van der Waals surface area contributed by atoms with Crippen molar-refractivity contribution in [3.63, 3.8) is 0 Å². The second-order valence-corrected chi connectivity index (χ2v) is 7.93. The Kier molecular flexibility index (Phi) is 23.9. The van der Waals surface area contributed by atoms with E-state index in [9.17, 15) is 9.59 Å². The van der Waals surface area contributed by atoms with Gasteiger partial charge < -0.3 is 14.2 Å². The molecule has 184 valence electrons. The fourth-order valence-electron chi connectivity index (χ4n) is 3.00. The molecule has 0 aromatic rings. The highest BCUT2D eigenvalue weighted by Gasteiger charge is 2.03. The van der Waals surface area contributed by atoms with Crippen LogP contribution in [0.2, 0.25) is 0 Å². The van der Waals surface area contributed by atoms with Crippen molar-refractivity contribution in [2.75, 3.05) is 26.9 Å². The van der Waals surface area contributed by atoms with Crippen molar-refractivity contribution in [3.8, 4) is 0 Å². The van der Waals surface area contributed by atoms with Gasteiger partial charge in [-0.2, -0.15) is 0 Å². The van der Waals surface area contributed by atoms with Gasteiger partial charge in [-0.05, 0) is 51.4 Å². The Labute approximate surface area is 196 Å². The van der Waals surface area contributed by atoms with E-state index in [0.717, 1.165) is 32.1 Å². The number of hydrogen-bond acceptors (Lipinski definition) is 5. The molecule has 0 heterocycles. The number of hydrogen-bond donors (Lipinski definition) is 0. The summed E-state index contributed by atoms with van der Waals surface area (Å²) in [5.41, 5.74) is 0. The molecule has 0 rings (SSSR count). The van der Waals surface area contributed by atoms with E-state index in [1.54, 1.807) is 13.2 Å². The Balaban J connectivity index is 3.37. The highest BCUT2D eigenvalue weighted by atomic mass is 16.5. The van der Waals surface area contributed by atoms with E-state index in [-0.39, 0.29) is 11.9 Å². The van der Waals surface area contributed by atoms with Gasteiger partial charge in [0.05, 0.1) is 19.8 Å². The summed E-state index contributed by atoms with van der Waals surface area (Å²) in [7, 11) is 1.56. The summed E-state index contributed by atoms with van der Waals surface area (Å²) < 4.78 is 15.1. The Bertz CT molecular complexity index is 522. The molecule has 0 N–H and O–H groups in total. The molecule has 32 heavy (non-hydrogen) atoms. The molecule has 0 atom stereocenters. The maximum Gasteiger partial charge on any atom is 0.330 e. The molecule has 5 nitrogen and oxygen atoms in total. The SMILES string of the molecule is CCCCCC/C=C\C/C=C\CCCCCCC(=O)OCCCCOC(=O)/C=C/COC. The predicted octanol–water partition coefficient (Wildman–Crippen LogP) is 6.87. The molecule has 0 fully saturated rings. The van der Waals surface area contributed by atoms with Crippen LogP contribution in [0.15, 0.2) is 36.5 Å². The van der Waals surface area contributed by atoms with Crippen molar-refractivity contribution < 1.29 is 23.8 Å². The van der Waals surface area contributed by atoms with Crippen LogP contribution in [0.25, 0.3) is 0 Å². The second kappa shape index (κ2) is 25.4. The number of carbonyl (C=O) groups is 2. The normalized spacial score (nSPS) is 11.7. The molecule has 0 aromatic heterocycles. The van der Waals surface area contributed by atoms with Crippen LogP contribution in [0.1, 0.15) is 96.8 Å². The number of esters is 2. The summed E-state index contributed by atoms with van der Waals surface area (Å²) in [6.45, 7) is 3.35. The van der Waals surface area contributed by atoms with Crippen LogP contribution in [0.4, 0.5) is 0 Å². The molecule has 0 aliphatic rings. The minimum atomic E-state index is -0.375. The minimum Gasteiger partial charge on any atom is -0.466 e. The van der Waals surface area contributed by atoms with E-state index in [1.165, 1.54) is 44.6 Å². The second-order valence-electron chi connectivity index (χ2n) is 7.93. The lowest BCUT2D eigenvalue weighted by molar-refractivity contribution is -0.144. The largest absolute Gasteiger partial charge is 0.466 e. The molecule has 0 aliphatic heterocycles. The summed E-state index contributed by atoms with van der Waals surface area (Å²) in [6, 6.07) is 0. The highest BCUT2D eigenvalue weighted by molar-refractivity contribution is 5.81. The van der Waals surface area contributed by atoms with Gasteiger partial charge in [0, 0.05) is 19.6 Å². The van der Waals surface area contributed by atoms with Crippen molar-refractivity contribution in [1.29, 1.82) is 0 Å². The quantitative estimate of drug-likeness (QED) is 0.0779. The summed E-state index contributed by atoms with van der Waals surface area (Å²) in [6.07, 6.45) is 26.8. The lowest BCUT2D eigenvalue weighted by atomic mass is 10.1. The molecule has 0 saturated carbocycles. The highest BCUT2D eigenvalue weighted by Crippen LogP contribution is 2.08. The first kappa shape index (κ1) is 30.1. The Morgan fingerprint density at radius 2 is 1.31 bits per heavy atom. The summed E-state index contributed by atoms with van der Waals surface area (Å²) in [4.78, 5) is 23.0. The zero-order chi connectivity index (χ0) is 23.5. The zero-order valence-electron chi connectivity index (χ0n) is 20.5. The van der Waals surface area contributed by atoms with Gasteiger partial charge >= 0.3 is 11.9 Å². The van der Waals surface area contributed by atoms with Gasteiger partial charge in [-0.15, -0.1) is 0 Å². The van der Waals surface area contributed by atoms with Gasteiger partial charge in [0.2, 0.25) is 0 Å². The maximum atomic E-state index is 11.7. The van der Waals surface area contributed by atoms with Crippen molar-refractivity contribution in [3.05, 3.63) is 36.5 Å². The standard InChI is InChI=1S/C27H46O5/c1-3-4-5-6-7-8-9-10-11-12-13-14-15-16-17-21-26(28)31-24-18-19-25-32-27(29)22-20-23-30-2/h8-9,11-12,20,22H,3-7,10,13-19,21,23-25H2,1-2H3/b9-8-,12-11-,22-20+. The molecule has 0 spiro atoms. The molecule has 0 unspecified atom stereocenters. The van der Waals surface area contributed by atoms with Crippen LogP contribution in [0.3, 0.4) is 0 Å². The van der Waals surface area contributed by atoms with Crippen LogP contribution in [0.5, 0.6) is 0 Å². The number of rotatable bonds is 22. The van der Waals surface area contributed by atoms with Gasteiger partial charge in [0.15, 0.2) is 0 Å². The van der Waals surface area contributed by atoms with Crippen molar-refractivity contribution in [2.45, 2.75) is 96.8 Å². The van der Waals surface area contributed by atoms with Crippen LogP contribution < -0.4 is 0 Å². The zero-order valence-corrected chi connectivity index (χ0v) is 20.5. The summed E-state index contributed by atoms with van der Waals surface area (Å²) in [5, 5.41) is 0. The van der Waals surface area contributed by atoms with E-state index in [1.807, 2.05) is 0 Å². The molecule has 0 aliphatic carbocycles. The van der Waals surface area contributed by atoms with Crippen LogP contribution in [0, 0.1) is 0 Å². The first-order valence-electron chi connectivity index (χ1n) is 12.5. The molecule has 5 heteroatoms.